The lowest BCUT2D eigenvalue weighted by molar-refractivity contribution is 0.196. The Hall–Kier alpha value is -1.36. The molecule has 21 heavy (non-hydrogen) atoms. The van der Waals surface area contributed by atoms with Crippen molar-refractivity contribution in [1.29, 1.82) is 0 Å². The lowest BCUT2D eigenvalue weighted by Gasteiger charge is -2.21. The van der Waals surface area contributed by atoms with Crippen LogP contribution in [0, 0.1) is 0 Å². The third-order valence-corrected chi connectivity index (χ3v) is 4.64. The van der Waals surface area contributed by atoms with E-state index in [2.05, 4.69) is 22.4 Å². The van der Waals surface area contributed by atoms with Crippen LogP contribution in [0.2, 0.25) is 0 Å². The van der Waals surface area contributed by atoms with E-state index in [-0.39, 0.29) is 0 Å². The summed E-state index contributed by atoms with van der Waals surface area (Å²) in [7, 11) is 0. The molecule has 2 aromatic rings. The number of benzene rings is 1. The normalized spacial score (nSPS) is 14.6. The van der Waals surface area contributed by atoms with Gasteiger partial charge in [-0.15, -0.1) is 11.3 Å². The third-order valence-electron chi connectivity index (χ3n) is 3.78. The van der Waals surface area contributed by atoms with Crippen LogP contribution in [0.15, 0.2) is 41.8 Å². The fourth-order valence-electron chi connectivity index (χ4n) is 2.48. The molecule has 0 amide bonds. The highest BCUT2D eigenvalue weighted by atomic mass is 32.1. The maximum atomic E-state index is 5.88. The van der Waals surface area contributed by atoms with Gasteiger partial charge >= 0.3 is 0 Å². The van der Waals surface area contributed by atoms with E-state index in [0.29, 0.717) is 6.54 Å². The molecule has 3 rings (SSSR count). The van der Waals surface area contributed by atoms with Crippen LogP contribution in [0.1, 0.15) is 23.3 Å². The van der Waals surface area contributed by atoms with Crippen LogP contribution in [0.25, 0.3) is 0 Å². The van der Waals surface area contributed by atoms with Crippen molar-refractivity contribution in [3.8, 4) is 5.75 Å². The average Bonchev–Trinajstić information content (AvgIpc) is 3.24. The predicted molar refractivity (Wildman–Crippen MR) is 87.6 cm³/mol. The molecule has 3 nitrogen and oxygen atoms in total. The van der Waals surface area contributed by atoms with Gasteiger partial charge < -0.3 is 10.5 Å². The van der Waals surface area contributed by atoms with Gasteiger partial charge in [0.2, 0.25) is 0 Å². The molecule has 1 aliphatic carbocycles. The number of ether oxygens (including phenoxy) is 1. The summed E-state index contributed by atoms with van der Waals surface area (Å²) in [6.45, 7) is 3.32. The van der Waals surface area contributed by atoms with Crippen molar-refractivity contribution in [1.82, 2.24) is 4.90 Å². The number of nitrogens with two attached hydrogens (primary N) is 1. The van der Waals surface area contributed by atoms with Crippen LogP contribution >= 0.6 is 11.3 Å². The Morgan fingerprint density at radius 1 is 1.24 bits per heavy atom. The summed E-state index contributed by atoms with van der Waals surface area (Å²) in [6.07, 6.45) is 2.65. The van der Waals surface area contributed by atoms with Gasteiger partial charge in [0.1, 0.15) is 12.4 Å². The second-order valence-electron chi connectivity index (χ2n) is 5.48. The van der Waals surface area contributed by atoms with Gasteiger partial charge in [-0.3, -0.25) is 4.90 Å². The molecule has 1 aliphatic rings. The van der Waals surface area contributed by atoms with Crippen molar-refractivity contribution < 1.29 is 4.74 Å². The Bertz CT molecular complexity index is 552. The molecule has 0 unspecified atom stereocenters. The highest BCUT2D eigenvalue weighted by molar-refractivity contribution is 7.09. The molecule has 1 saturated carbocycles. The number of rotatable bonds is 8. The van der Waals surface area contributed by atoms with Gasteiger partial charge in [0.15, 0.2) is 0 Å². The number of hydrogen-bond donors (Lipinski definition) is 1. The lowest BCUT2D eigenvalue weighted by atomic mass is 10.2. The summed E-state index contributed by atoms with van der Waals surface area (Å²) in [5, 5.41) is 2.15. The van der Waals surface area contributed by atoms with E-state index in [0.717, 1.165) is 37.1 Å². The van der Waals surface area contributed by atoms with Crippen molar-refractivity contribution in [2.75, 3.05) is 13.2 Å². The van der Waals surface area contributed by atoms with Gasteiger partial charge in [0, 0.05) is 30.6 Å². The standard InChI is InChI=1S/C17H22N2OS/c18-12-14-3-1-4-16(11-14)20-9-8-19(15-6-7-15)13-17-5-2-10-21-17/h1-5,10-11,15H,6-9,12-13,18H2. The monoisotopic (exact) mass is 302 g/mol. The Morgan fingerprint density at radius 3 is 2.86 bits per heavy atom. The number of thiophene rings is 1. The van der Waals surface area contributed by atoms with Crippen LogP contribution in [0.4, 0.5) is 0 Å². The molecule has 1 fully saturated rings. The van der Waals surface area contributed by atoms with Gasteiger partial charge in [-0.2, -0.15) is 0 Å². The predicted octanol–water partition coefficient (Wildman–Crippen LogP) is 3.25. The highest BCUT2D eigenvalue weighted by Gasteiger charge is 2.28. The molecular formula is C17H22N2OS. The minimum atomic E-state index is 0.559. The lowest BCUT2D eigenvalue weighted by Crippen LogP contribution is -2.29. The fraction of sp³-hybridized carbons (Fsp3) is 0.412. The average molecular weight is 302 g/mol. The Labute approximate surface area is 130 Å². The summed E-state index contributed by atoms with van der Waals surface area (Å²) in [5.41, 5.74) is 6.77. The smallest absolute Gasteiger partial charge is 0.119 e. The van der Waals surface area contributed by atoms with Gasteiger partial charge in [0.05, 0.1) is 0 Å². The van der Waals surface area contributed by atoms with Crippen molar-refractivity contribution in [2.24, 2.45) is 5.73 Å². The maximum Gasteiger partial charge on any atom is 0.119 e. The summed E-state index contributed by atoms with van der Waals surface area (Å²) in [4.78, 5) is 3.98. The van der Waals surface area contributed by atoms with Crippen molar-refractivity contribution in [3.63, 3.8) is 0 Å². The molecular weight excluding hydrogens is 280 g/mol. The molecule has 112 valence electrons. The topological polar surface area (TPSA) is 38.5 Å². The van der Waals surface area contributed by atoms with Gasteiger partial charge in [-0.1, -0.05) is 18.2 Å². The fourth-order valence-corrected chi connectivity index (χ4v) is 3.21. The number of nitrogens with zero attached hydrogens (tertiary/aromatic N) is 1. The Balaban J connectivity index is 1.50. The number of hydrogen-bond acceptors (Lipinski definition) is 4. The van der Waals surface area contributed by atoms with E-state index in [1.807, 2.05) is 35.6 Å². The first kappa shape index (κ1) is 14.6. The van der Waals surface area contributed by atoms with E-state index in [1.54, 1.807) is 0 Å². The zero-order valence-corrected chi connectivity index (χ0v) is 13.0. The van der Waals surface area contributed by atoms with Crippen molar-refractivity contribution >= 4 is 11.3 Å². The first-order valence-electron chi connectivity index (χ1n) is 7.53. The second kappa shape index (κ2) is 7.07. The van der Waals surface area contributed by atoms with Crippen LogP contribution in [-0.2, 0) is 13.1 Å². The van der Waals surface area contributed by atoms with E-state index in [1.165, 1.54) is 17.7 Å². The molecule has 1 heterocycles. The summed E-state index contributed by atoms with van der Waals surface area (Å²) < 4.78 is 5.88. The largest absolute Gasteiger partial charge is 0.492 e. The minimum absolute atomic E-state index is 0.559. The third kappa shape index (κ3) is 4.30. The Kier molecular flexibility index (Phi) is 4.91. The zero-order valence-electron chi connectivity index (χ0n) is 12.2. The van der Waals surface area contributed by atoms with Crippen LogP contribution in [0.5, 0.6) is 5.75 Å². The molecule has 0 spiro atoms. The van der Waals surface area contributed by atoms with E-state index < -0.39 is 0 Å². The maximum absolute atomic E-state index is 5.88. The molecule has 0 atom stereocenters. The summed E-state index contributed by atoms with van der Waals surface area (Å²) in [6, 6.07) is 13.2. The van der Waals surface area contributed by atoms with Crippen LogP contribution < -0.4 is 10.5 Å². The van der Waals surface area contributed by atoms with Gasteiger partial charge in [-0.25, -0.2) is 0 Å². The minimum Gasteiger partial charge on any atom is -0.492 e. The van der Waals surface area contributed by atoms with Crippen LogP contribution in [0.3, 0.4) is 0 Å². The summed E-state index contributed by atoms with van der Waals surface area (Å²) >= 11 is 1.83. The molecule has 1 aromatic heterocycles. The van der Waals surface area contributed by atoms with E-state index in [4.69, 9.17) is 10.5 Å². The molecule has 0 saturated heterocycles. The Morgan fingerprint density at radius 2 is 2.14 bits per heavy atom. The second-order valence-corrected chi connectivity index (χ2v) is 6.51. The SMILES string of the molecule is NCc1cccc(OCCN(Cc2cccs2)C2CC2)c1. The quantitative estimate of drug-likeness (QED) is 0.813. The van der Waals surface area contributed by atoms with E-state index in [9.17, 15) is 0 Å². The molecule has 0 aliphatic heterocycles. The molecule has 1 aromatic carbocycles. The van der Waals surface area contributed by atoms with Crippen molar-refractivity contribution in [2.45, 2.75) is 32.0 Å². The molecule has 4 heteroatoms. The van der Waals surface area contributed by atoms with E-state index >= 15 is 0 Å². The molecule has 0 bridgehead atoms. The van der Waals surface area contributed by atoms with Gasteiger partial charge in [0.25, 0.3) is 0 Å². The highest BCUT2D eigenvalue weighted by Crippen LogP contribution is 2.28. The molecule has 0 radical (unpaired) electrons. The summed E-state index contributed by atoms with van der Waals surface area (Å²) in [5.74, 6) is 0.921. The van der Waals surface area contributed by atoms with Crippen molar-refractivity contribution in [3.05, 3.63) is 52.2 Å². The zero-order chi connectivity index (χ0) is 14.5. The first-order valence-corrected chi connectivity index (χ1v) is 8.41. The molecule has 2 N–H and O–H groups in total. The first-order chi connectivity index (χ1) is 10.3. The van der Waals surface area contributed by atoms with Crippen LogP contribution in [-0.4, -0.2) is 24.1 Å². The van der Waals surface area contributed by atoms with Gasteiger partial charge in [-0.05, 0) is 42.0 Å².